The first kappa shape index (κ1) is 17.9. The number of carbonyl (C=O) groups is 1. The first-order valence-corrected chi connectivity index (χ1v) is 9.11. The molecule has 0 saturated carbocycles. The lowest BCUT2D eigenvalue weighted by molar-refractivity contribution is 0.102. The van der Waals surface area contributed by atoms with Gasteiger partial charge in [0.2, 0.25) is 16.0 Å². The van der Waals surface area contributed by atoms with Gasteiger partial charge in [0.1, 0.15) is 0 Å². The molecule has 24 heavy (non-hydrogen) atoms. The van der Waals surface area contributed by atoms with E-state index in [4.69, 9.17) is 0 Å². The van der Waals surface area contributed by atoms with Crippen LogP contribution in [0.5, 0.6) is 0 Å². The maximum atomic E-state index is 12.3. The average molecular weight is 348 g/mol. The van der Waals surface area contributed by atoms with Crippen molar-refractivity contribution in [2.45, 2.75) is 20.8 Å². The molecular weight excluding hydrogens is 328 g/mol. The number of carbonyl (C=O) groups excluding carboxylic acids is 1. The summed E-state index contributed by atoms with van der Waals surface area (Å²) in [7, 11) is -1.88. The first-order valence-electron chi connectivity index (χ1n) is 7.26. The van der Waals surface area contributed by atoms with Gasteiger partial charge < -0.3 is 0 Å². The van der Waals surface area contributed by atoms with E-state index in [0.29, 0.717) is 11.3 Å². The summed E-state index contributed by atoms with van der Waals surface area (Å²) in [5.74, 6) is -0.107. The third-order valence-corrected chi connectivity index (χ3v) is 5.05. The Morgan fingerprint density at radius 2 is 1.54 bits per heavy atom. The zero-order valence-electron chi connectivity index (χ0n) is 14.3. The molecule has 1 amide bonds. The Labute approximate surface area is 141 Å². The second-order valence-electron chi connectivity index (χ2n) is 5.57. The molecule has 1 aromatic carbocycles. The van der Waals surface area contributed by atoms with Crippen LogP contribution in [-0.4, -0.2) is 37.6 Å². The molecule has 0 spiro atoms. The van der Waals surface area contributed by atoms with Gasteiger partial charge in [0.25, 0.3) is 5.91 Å². The molecule has 0 aliphatic heterocycles. The summed E-state index contributed by atoms with van der Waals surface area (Å²) in [5, 5.41) is 2.65. The molecule has 1 N–H and O–H groups in total. The molecule has 0 unspecified atom stereocenters. The van der Waals surface area contributed by atoms with Crippen molar-refractivity contribution in [1.29, 1.82) is 0 Å². The maximum absolute atomic E-state index is 12.3. The van der Waals surface area contributed by atoms with E-state index in [0.717, 1.165) is 27.5 Å². The van der Waals surface area contributed by atoms with Crippen molar-refractivity contribution in [3.05, 3.63) is 46.8 Å². The van der Waals surface area contributed by atoms with Gasteiger partial charge in [-0.2, -0.15) is 0 Å². The summed E-state index contributed by atoms with van der Waals surface area (Å²) in [6.07, 6.45) is 1.12. The smallest absolute Gasteiger partial charge is 0.258 e. The molecule has 2 rings (SSSR count). The molecule has 0 saturated heterocycles. The summed E-state index contributed by atoms with van der Waals surface area (Å²) in [4.78, 5) is 20.8. The highest BCUT2D eigenvalue weighted by Gasteiger charge is 2.14. The molecule has 0 radical (unpaired) electrons. The van der Waals surface area contributed by atoms with E-state index in [9.17, 15) is 13.2 Å². The highest BCUT2D eigenvalue weighted by Crippen LogP contribution is 2.17. The van der Waals surface area contributed by atoms with Crippen LogP contribution in [0.25, 0.3) is 0 Å². The van der Waals surface area contributed by atoms with E-state index in [1.165, 1.54) is 7.05 Å². The molecule has 0 fully saturated rings. The number of benzene rings is 1. The van der Waals surface area contributed by atoms with Crippen molar-refractivity contribution in [3.63, 3.8) is 0 Å². The highest BCUT2D eigenvalue weighted by atomic mass is 32.2. The van der Waals surface area contributed by atoms with Gasteiger partial charge in [-0.25, -0.2) is 18.4 Å². The lowest BCUT2D eigenvalue weighted by Crippen LogP contribution is -2.24. The number of aryl methyl sites for hydroxylation is 2. The van der Waals surface area contributed by atoms with Gasteiger partial charge in [-0.05, 0) is 50.6 Å². The normalized spacial score (nSPS) is 11.2. The minimum atomic E-state index is -3.34. The zero-order chi connectivity index (χ0) is 18.1. The minimum Gasteiger partial charge on any atom is -0.290 e. The number of hydrogen-bond acceptors (Lipinski definition) is 5. The second-order valence-corrected chi connectivity index (χ2v) is 7.59. The van der Waals surface area contributed by atoms with Gasteiger partial charge in [-0.1, -0.05) is 0 Å². The predicted molar refractivity (Wildman–Crippen MR) is 93.9 cm³/mol. The number of sulfonamides is 1. The van der Waals surface area contributed by atoms with E-state index in [1.54, 1.807) is 24.3 Å². The molecule has 2 aromatic rings. The molecule has 8 heteroatoms. The van der Waals surface area contributed by atoms with Gasteiger partial charge in [-0.3, -0.25) is 14.4 Å². The van der Waals surface area contributed by atoms with E-state index in [1.807, 2.05) is 20.8 Å². The Balaban J connectivity index is 2.19. The summed E-state index contributed by atoms with van der Waals surface area (Å²) < 4.78 is 24.2. The summed E-state index contributed by atoms with van der Waals surface area (Å²) in [5.41, 5.74) is 3.47. The lowest BCUT2D eigenvalue weighted by Gasteiger charge is -2.16. The van der Waals surface area contributed by atoms with Gasteiger partial charge in [0.05, 0.1) is 11.9 Å². The molecule has 0 atom stereocenters. The largest absolute Gasteiger partial charge is 0.290 e. The van der Waals surface area contributed by atoms with Crippen molar-refractivity contribution >= 4 is 27.6 Å². The van der Waals surface area contributed by atoms with Crippen LogP contribution in [0.3, 0.4) is 0 Å². The number of anilines is 2. The lowest BCUT2D eigenvalue weighted by atomic mass is 10.2. The third-order valence-electron chi connectivity index (χ3n) is 3.85. The van der Waals surface area contributed by atoms with Crippen LogP contribution in [0.15, 0.2) is 24.3 Å². The Morgan fingerprint density at radius 1 is 1.04 bits per heavy atom. The van der Waals surface area contributed by atoms with E-state index in [2.05, 4.69) is 15.3 Å². The quantitative estimate of drug-likeness (QED) is 0.913. The number of nitrogens with one attached hydrogen (secondary N) is 1. The van der Waals surface area contributed by atoms with Crippen LogP contribution in [0.4, 0.5) is 11.6 Å². The number of hydrogen-bond donors (Lipinski definition) is 1. The Bertz CT molecular complexity index is 854. The summed E-state index contributed by atoms with van der Waals surface area (Å²) >= 11 is 0. The van der Waals surface area contributed by atoms with Crippen LogP contribution < -0.4 is 9.62 Å². The van der Waals surface area contributed by atoms with Crippen molar-refractivity contribution in [2.24, 2.45) is 0 Å². The molecule has 0 aliphatic carbocycles. The van der Waals surface area contributed by atoms with Gasteiger partial charge in [0, 0.05) is 24.0 Å². The maximum Gasteiger partial charge on any atom is 0.258 e. The van der Waals surface area contributed by atoms with Crippen LogP contribution in [0.2, 0.25) is 0 Å². The van der Waals surface area contributed by atoms with Gasteiger partial charge in [-0.15, -0.1) is 0 Å². The molecule has 7 nitrogen and oxygen atoms in total. The Morgan fingerprint density at radius 3 is 2.00 bits per heavy atom. The third kappa shape index (κ3) is 3.88. The van der Waals surface area contributed by atoms with E-state index < -0.39 is 10.0 Å². The fraction of sp³-hybridized carbons (Fsp3) is 0.312. The number of aromatic nitrogens is 2. The van der Waals surface area contributed by atoms with Crippen molar-refractivity contribution in [2.75, 3.05) is 22.9 Å². The standard InChI is InChI=1S/C16H20N4O3S/c1-10-11(2)17-16(18-12(10)3)19-15(21)13-6-8-14(9-7-13)20(4)24(5,22)23/h6-9H,1-5H3,(H,17,18,19,21). The van der Waals surface area contributed by atoms with Crippen LogP contribution in [-0.2, 0) is 10.0 Å². The predicted octanol–water partition coefficient (Wildman–Crippen LogP) is 2.05. The molecule has 1 heterocycles. The SMILES string of the molecule is Cc1nc(NC(=O)c2ccc(N(C)S(C)(=O)=O)cc2)nc(C)c1C. The van der Waals surface area contributed by atoms with Crippen LogP contribution in [0.1, 0.15) is 27.3 Å². The minimum absolute atomic E-state index is 0.248. The molecular formula is C16H20N4O3S. The average Bonchev–Trinajstić information content (AvgIpc) is 2.51. The highest BCUT2D eigenvalue weighted by molar-refractivity contribution is 7.92. The molecule has 128 valence electrons. The van der Waals surface area contributed by atoms with Crippen LogP contribution in [0, 0.1) is 20.8 Å². The molecule has 0 aliphatic rings. The second kappa shape index (κ2) is 6.56. The van der Waals surface area contributed by atoms with E-state index >= 15 is 0 Å². The first-order chi connectivity index (χ1) is 11.1. The summed E-state index contributed by atoms with van der Waals surface area (Å²) in [6, 6.07) is 6.26. The van der Waals surface area contributed by atoms with Crippen molar-refractivity contribution in [1.82, 2.24) is 9.97 Å². The van der Waals surface area contributed by atoms with Gasteiger partial charge in [0.15, 0.2) is 0 Å². The fourth-order valence-corrected chi connectivity index (χ4v) is 2.52. The van der Waals surface area contributed by atoms with Gasteiger partial charge >= 0.3 is 0 Å². The summed E-state index contributed by atoms with van der Waals surface area (Å²) in [6.45, 7) is 5.64. The number of amides is 1. The van der Waals surface area contributed by atoms with E-state index in [-0.39, 0.29) is 11.9 Å². The zero-order valence-corrected chi connectivity index (χ0v) is 15.1. The fourth-order valence-electron chi connectivity index (χ4n) is 2.02. The molecule has 0 bridgehead atoms. The number of rotatable bonds is 4. The molecule has 1 aromatic heterocycles. The van der Waals surface area contributed by atoms with Crippen molar-refractivity contribution < 1.29 is 13.2 Å². The Hall–Kier alpha value is -2.48. The van der Waals surface area contributed by atoms with Crippen molar-refractivity contribution in [3.8, 4) is 0 Å². The number of nitrogens with zero attached hydrogens (tertiary/aromatic N) is 3. The Kier molecular flexibility index (Phi) is 4.88. The topological polar surface area (TPSA) is 92.3 Å². The monoisotopic (exact) mass is 348 g/mol. The van der Waals surface area contributed by atoms with Crippen LogP contribution >= 0.6 is 0 Å².